The van der Waals surface area contributed by atoms with Crippen molar-refractivity contribution in [3.05, 3.63) is 29.6 Å². The van der Waals surface area contributed by atoms with Crippen LogP contribution in [0.1, 0.15) is 38.1 Å². The summed E-state index contributed by atoms with van der Waals surface area (Å²) in [5.74, 6) is 1.12. The van der Waals surface area contributed by atoms with E-state index < -0.39 is 0 Å². The van der Waals surface area contributed by atoms with Crippen LogP contribution >= 0.6 is 0 Å². The van der Waals surface area contributed by atoms with Gasteiger partial charge >= 0.3 is 0 Å². The number of rotatable bonds is 4. The Morgan fingerprint density at radius 3 is 2.50 bits per heavy atom. The molecule has 18 heavy (non-hydrogen) atoms. The van der Waals surface area contributed by atoms with E-state index >= 15 is 0 Å². The third-order valence-corrected chi connectivity index (χ3v) is 4.25. The lowest BCUT2D eigenvalue weighted by atomic mass is 9.81. The number of imidazole rings is 1. The maximum atomic E-state index is 6.03. The largest absolute Gasteiger partial charge is 0.331 e. The summed E-state index contributed by atoms with van der Waals surface area (Å²) in [5.41, 5.74) is 9.54. The number of benzene rings is 1. The van der Waals surface area contributed by atoms with Gasteiger partial charge in [0.25, 0.3) is 0 Å². The van der Waals surface area contributed by atoms with Crippen molar-refractivity contribution in [1.82, 2.24) is 9.55 Å². The molecular formula is C15H23N3. The van der Waals surface area contributed by atoms with Crippen LogP contribution in [0.25, 0.3) is 11.0 Å². The van der Waals surface area contributed by atoms with Crippen LogP contribution in [0, 0.1) is 6.92 Å². The van der Waals surface area contributed by atoms with Crippen molar-refractivity contribution in [3.63, 3.8) is 0 Å². The van der Waals surface area contributed by atoms with E-state index in [9.17, 15) is 0 Å². The van der Waals surface area contributed by atoms with Crippen molar-refractivity contribution in [3.8, 4) is 0 Å². The Hall–Kier alpha value is -1.35. The Balaban J connectivity index is 2.67. The fourth-order valence-electron chi connectivity index (χ4n) is 2.73. The van der Waals surface area contributed by atoms with Gasteiger partial charge < -0.3 is 10.3 Å². The number of hydrogen-bond donors (Lipinski definition) is 1. The van der Waals surface area contributed by atoms with Gasteiger partial charge in [0.2, 0.25) is 0 Å². The molecule has 0 atom stereocenters. The molecule has 0 amide bonds. The molecule has 0 saturated carbocycles. The van der Waals surface area contributed by atoms with Crippen molar-refractivity contribution in [2.24, 2.45) is 12.8 Å². The first-order valence-electron chi connectivity index (χ1n) is 6.71. The van der Waals surface area contributed by atoms with Gasteiger partial charge in [-0.25, -0.2) is 4.98 Å². The van der Waals surface area contributed by atoms with Gasteiger partial charge in [-0.1, -0.05) is 19.9 Å². The lowest BCUT2D eigenvalue weighted by molar-refractivity contribution is 0.374. The quantitative estimate of drug-likeness (QED) is 0.900. The van der Waals surface area contributed by atoms with E-state index in [4.69, 9.17) is 10.7 Å². The van der Waals surface area contributed by atoms with Crippen molar-refractivity contribution < 1.29 is 0 Å². The van der Waals surface area contributed by atoms with Crippen molar-refractivity contribution >= 4 is 11.0 Å². The Morgan fingerprint density at radius 2 is 1.94 bits per heavy atom. The van der Waals surface area contributed by atoms with Gasteiger partial charge in [0.15, 0.2) is 0 Å². The molecule has 1 aromatic heterocycles. The van der Waals surface area contributed by atoms with Crippen LogP contribution in [0.2, 0.25) is 0 Å². The third-order valence-electron chi connectivity index (χ3n) is 4.25. The molecule has 98 valence electrons. The average molecular weight is 245 g/mol. The minimum Gasteiger partial charge on any atom is -0.331 e. The van der Waals surface area contributed by atoms with E-state index in [-0.39, 0.29) is 5.41 Å². The number of aromatic nitrogens is 2. The summed E-state index contributed by atoms with van der Waals surface area (Å²) < 4.78 is 2.20. The topological polar surface area (TPSA) is 43.8 Å². The van der Waals surface area contributed by atoms with E-state index in [0.29, 0.717) is 6.54 Å². The summed E-state index contributed by atoms with van der Waals surface area (Å²) in [4.78, 5) is 4.84. The zero-order chi connectivity index (χ0) is 13.3. The first-order valence-corrected chi connectivity index (χ1v) is 6.71. The van der Waals surface area contributed by atoms with Gasteiger partial charge in [-0.2, -0.15) is 0 Å². The van der Waals surface area contributed by atoms with E-state index in [2.05, 4.69) is 50.6 Å². The molecule has 0 aliphatic carbocycles. The normalized spacial score (nSPS) is 12.3. The third kappa shape index (κ3) is 1.83. The van der Waals surface area contributed by atoms with Crippen LogP contribution in [0.5, 0.6) is 0 Å². The molecule has 2 aromatic rings. The molecule has 3 nitrogen and oxygen atoms in total. The monoisotopic (exact) mass is 245 g/mol. The molecule has 3 heteroatoms. The van der Waals surface area contributed by atoms with E-state index in [0.717, 1.165) is 24.2 Å². The van der Waals surface area contributed by atoms with Gasteiger partial charge in [-0.05, 0) is 37.5 Å². The summed E-state index contributed by atoms with van der Waals surface area (Å²) in [6.45, 7) is 7.14. The van der Waals surface area contributed by atoms with Crippen molar-refractivity contribution in [1.29, 1.82) is 0 Å². The highest BCUT2D eigenvalue weighted by Gasteiger charge is 2.31. The van der Waals surface area contributed by atoms with Crippen molar-refractivity contribution in [2.75, 3.05) is 6.54 Å². The molecule has 1 aromatic carbocycles. The number of aryl methyl sites for hydroxylation is 2. The summed E-state index contributed by atoms with van der Waals surface area (Å²) in [6, 6.07) is 6.43. The molecule has 0 spiro atoms. The molecule has 0 unspecified atom stereocenters. The summed E-state index contributed by atoms with van der Waals surface area (Å²) in [6.07, 6.45) is 2.05. The van der Waals surface area contributed by atoms with E-state index in [1.165, 1.54) is 11.1 Å². The number of nitrogens with zero attached hydrogens (tertiary/aromatic N) is 2. The summed E-state index contributed by atoms with van der Waals surface area (Å²) >= 11 is 0. The molecule has 0 saturated heterocycles. The standard InChI is InChI=1S/C15H23N3/c1-5-15(6-2,10-16)14-17-12-9-11(3)7-8-13(12)18(14)4/h7-9H,5-6,10,16H2,1-4H3. The van der Waals surface area contributed by atoms with Gasteiger partial charge in [0.1, 0.15) is 5.82 Å². The SMILES string of the molecule is CCC(CC)(CN)c1nc2cc(C)ccc2n1C. The summed E-state index contributed by atoms with van der Waals surface area (Å²) in [7, 11) is 2.09. The first-order chi connectivity index (χ1) is 8.57. The van der Waals surface area contributed by atoms with Crippen LogP contribution in [0.15, 0.2) is 18.2 Å². The molecule has 2 rings (SSSR count). The smallest absolute Gasteiger partial charge is 0.117 e. The first kappa shape index (κ1) is 13.1. The molecule has 0 aliphatic heterocycles. The van der Waals surface area contributed by atoms with Gasteiger partial charge in [-0.15, -0.1) is 0 Å². The minimum atomic E-state index is 0.00166. The second-order valence-electron chi connectivity index (χ2n) is 5.18. The molecule has 0 aliphatic rings. The second kappa shape index (κ2) is 4.73. The zero-order valence-corrected chi connectivity index (χ0v) is 11.8. The molecular weight excluding hydrogens is 222 g/mol. The van der Waals surface area contributed by atoms with Gasteiger partial charge in [-0.3, -0.25) is 0 Å². The molecule has 0 bridgehead atoms. The van der Waals surface area contributed by atoms with Crippen LogP contribution in [-0.4, -0.2) is 16.1 Å². The number of fused-ring (bicyclic) bond motifs is 1. The van der Waals surface area contributed by atoms with Gasteiger partial charge in [0.05, 0.1) is 11.0 Å². The lowest BCUT2D eigenvalue weighted by Gasteiger charge is -2.29. The average Bonchev–Trinajstić information content (AvgIpc) is 2.70. The van der Waals surface area contributed by atoms with Crippen LogP contribution < -0.4 is 5.73 Å². The highest BCUT2D eigenvalue weighted by Crippen LogP contribution is 2.31. The molecule has 0 radical (unpaired) electrons. The van der Waals surface area contributed by atoms with E-state index in [1.807, 2.05) is 0 Å². The Kier molecular flexibility index (Phi) is 3.44. The highest BCUT2D eigenvalue weighted by molar-refractivity contribution is 5.77. The maximum absolute atomic E-state index is 6.03. The zero-order valence-electron chi connectivity index (χ0n) is 11.8. The molecule has 2 N–H and O–H groups in total. The molecule has 1 heterocycles. The molecule has 0 fully saturated rings. The fraction of sp³-hybridized carbons (Fsp3) is 0.533. The number of hydrogen-bond acceptors (Lipinski definition) is 2. The minimum absolute atomic E-state index is 0.00166. The van der Waals surface area contributed by atoms with Crippen LogP contribution in [0.3, 0.4) is 0 Å². The van der Waals surface area contributed by atoms with Crippen LogP contribution in [-0.2, 0) is 12.5 Å². The Bertz CT molecular complexity index is 542. The van der Waals surface area contributed by atoms with Crippen molar-refractivity contribution in [2.45, 2.75) is 39.0 Å². The second-order valence-corrected chi connectivity index (χ2v) is 5.18. The fourth-order valence-corrected chi connectivity index (χ4v) is 2.73. The highest BCUT2D eigenvalue weighted by atomic mass is 15.1. The Labute approximate surface area is 109 Å². The number of nitrogens with two attached hydrogens (primary N) is 1. The van der Waals surface area contributed by atoms with Gasteiger partial charge in [0, 0.05) is 19.0 Å². The van der Waals surface area contributed by atoms with E-state index in [1.54, 1.807) is 0 Å². The maximum Gasteiger partial charge on any atom is 0.117 e. The predicted molar refractivity (Wildman–Crippen MR) is 76.8 cm³/mol. The predicted octanol–water partition coefficient (Wildman–Crippen LogP) is 2.90. The lowest BCUT2D eigenvalue weighted by Crippen LogP contribution is -2.36. The Morgan fingerprint density at radius 1 is 1.28 bits per heavy atom. The van der Waals surface area contributed by atoms with Crippen LogP contribution in [0.4, 0.5) is 0 Å². The summed E-state index contributed by atoms with van der Waals surface area (Å²) in [5, 5.41) is 0.